The Bertz CT molecular complexity index is 705. The molecule has 2 rings (SSSR count). The van der Waals surface area contributed by atoms with E-state index in [4.69, 9.17) is 4.74 Å². The van der Waals surface area contributed by atoms with E-state index in [2.05, 4.69) is 4.74 Å². The van der Waals surface area contributed by atoms with Crippen LogP contribution in [-0.2, 0) is 22.6 Å². The summed E-state index contributed by atoms with van der Waals surface area (Å²) in [5.74, 6) is -0.805. The van der Waals surface area contributed by atoms with Crippen LogP contribution in [0.4, 0.5) is 4.39 Å². The van der Waals surface area contributed by atoms with Gasteiger partial charge in [0.1, 0.15) is 18.2 Å². The molecule has 0 aliphatic rings. The van der Waals surface area contributed by atoms with E-state index in [1.807, 2.05) is 30.3 Å². The number of carbonyl (C=O) groups is 1. The fourth-order valence-corrected chi connectivity index (χ4v) is 2.47. The fraction of sp³-hybridized carbons (Fsp3) is 0.350. The molecule has 0 aliphatic carbocycles. The summed E-state index contributed by atoms with van der Waals surface area (Å²) < 4.78 is 24.0. The zero-order valence-electron chi connectivity index (χ0n) is 14.6. The first kappa shape index (κ1) is 19.9. The van der Waals surface area contributed by atoms with Crippen molar-refractivity contribution in [2.75, 3.05) is 6.61 Å². The van der Waals surface area contributed by atoms with Gasteiger partial charge in [-0.15, -0.1) is 0 Å². The summed E-state index contributed by atoms with van der Waals surface area (Å²) >= 11 is 0. The monoisotopic (exact) mass is 362 g/mol. The number of rotatable bonds is 9. The average molecular weight is 362 g/mol. The Balaban J connectivity index is 1.99. The Kier molecular flexibility index (Phi) is 7.56. The van der Waals surface area contributed by atoms with Crippen molar-refractivity contribution in [1.82, 2.24) is 0 Å². The molecule has 0 saturated heterocycles. The Morgan fingerprint density at radius 3 is 2.58 bits per heavy atom. The molecule has 0 bridgehead atoms. The van der Waals surface area contributed by atoms with Crippen LogP contribution in [0.5, 0.6) is 5.75 Å². The molecule has 2 atom stereocenters. The van der Waals surface area contributed by atoms with Crippen molar-refractivity contribution < 1.29 is 28.9 Å². The van der Waals surface area contributed by atoms with E-state index in [0.717, 1.165) is 5.56 Å². The number of benzene rings is 2. The molecule has 0 amide bonds. The number of hydrogen-bond donors (Lipinski definition) is 2. The van der Waals surface area contributed by atoms with Gasteiger partial charge in [-0.2, -0.15) is 0 Å². The molecule has 0 saturated carbocycles. The molecule has 0 fully saturated rings. The molecular weight excluding hydrogens is 339 g/mol. The molecule has 2 aromatic rings. The molecule has 0 aliphatic heterocycles. The lowest BCUT2D eigenvalue weighted by Gasteiger charge is -2.17. The van der Waals surface area contributed by atoms with Crippen LogP contribution >= 0.6 is 0 Å². The summed E-state index contributed by atoms with van der Waals surface area (Å²) in [5.41, 5.74) is 1.52. The second-order valence-corrected chi connectivity index (χ2v) is 5.83. The van der Waals surface area contributed by atoms with Gasteiger partial charge in [0.2, 0.25) is 0 Å². The second-order valence-electron chi connectivity index (χ2n) is 5.83. The van der Waals surface area contributed by atoms with Gasteiger partial charge in [0.25, 0.3) is 0 Å². The molecule has 5 nitrogen and oxygen atoms in total. The predicted octanol–water partition coefficient (Wildman–Crippen LogP) is 2.62. The van der Waals surface area contributed by atoms with Crippen molar-refractivity contribution in [2.24, 2.45) is 0 Å². The normalized spacial score (nSPS) is 13.1. The van der Waals surface area contributed by atoms with Gasteiger partial charge < -0.3 is 19.7 Å². The maximum Gasteiger partial charge on any atom is 0.337 e. The zero-order chi connectivity index (χ0) is 18.9. The largest absolute Gasteiger partial charge is 0.489 e. The van der Waals surface area contributed by atoms with Crippen LogP contribution in [0, 0.1) is 5.82 Å². The zero-order valence-corrected chi connectivity index (χ0v) is 14.6. The Morgan fingerprint density at radius 1 is 1.15 bits per heavy atom. The van der Waals surface area contributed by atoms with E-state index in [0.29, 0.717) is 17.9 Å². The van der Waals surface area contributed by atoms with E-state index in [1.165, 1.54) is 18.2 Å². The summed E-state index contributed by atoms with van der Waals surface area (Å²) in [6, 6.07) is 13.7. The standard InChI is InChI=1S/C20H23FO5/c1-2-25-20(24)19(23)17(22)10-8-15-12-16(21)9-11-18(15)26-13-14-6-4-3-5-7-14/h3-7,9,11-12,17,19,22-23H,2,8,10,13H2,1H3/t17-,19+/m0/s1. The number of esters is 1. The lowest BCUT2D eigenvalue weighted by atomic mass is 10.0. The summed E-state index contributed by atoms with van der Waals surface area (Å²) in [4.78, 5) is 11.5. The van der Waals surface area contributed by atoms with Gasteiger partial charge in [-0.25, -0.2) is 9.18 Å². The second kappa shape index (κ2) is 9.89. The number of halogens is 1. The topological polar surface area (TPSA) is 76.0 Å². The SMILES string of the molecule is CCOC(=O)[C@H](O)[C@@H](O)CCc1cc(F)ccc1OCc1ccccc1. The molecule has 0 unspecified atom stereocenters. The Labute approximate surface area is 152 Å². The van der Waals surface area contributed by atoms with Crippen molar-refractivity contribution >= 4 is 5.97 Å². The van der Waals surface area contributed by atoms with Crippen molar-refractivity contribution in [3.63, 3.8) is 0 Å². The number of aliphatic hydroxyl groups excluding tert-OH is 2. The van der Waals surface area contributed by atoms with E-state index in [1.54, 1.807) is 6.92 Å². The van der Waals surface area contributed by atoms with Gasteiger partial charge in [0, 0.05) is 0 Å². The van der Waals surface area contributed by atoms with Crippen molar-refractivity contribution in [3.8, 4) is 5.75 Å². The van der Waals surface area contributed by atoms with Crippen LogP contribution in [0.1, 0.15) is 24.5 Å². The Morgan fingerprint density at radius 2 is 1.88 bits per heavy atom. The lowest BCUT2D eigenvalue weighted by Crippen LogP contribution is -2.35. The molecule has 0 spiro atoms. The molecule has 0 radical (unpaired) electrons. The maximum atomic E-state index is 13.6. The van der Waals surface area contributed by atoms with Crippen LogP contribution in [0.15, 0.2) is 48.5 Å². The number of aliphatic hydroxyl groups is 2. The van der Waals surface area contributed by atoms with E-state index in [-0.39, 0.29) is 19.4 Å². The first-order valence-corrected chi connectivity index (χ1v) is 8.49. The van der Waals surface area contributed by atoms with Crippen LogP contribution in [0.2, 0.25) is 0 Å². The van der Waals surface area contributed by atoms with Crippen LogP contribution in [0.3, 0.4) is 0 Å². The van der Waals surface area contributed by atoms with Crippen LogP contribution in [0.25, 0.3) is 0 Å². The first-order valence-electron chi connectivity index (χ1n) is 8.49. The highest BCUT2D eigenvalue weighted by molar-refractivity contribution is 5.75. The highest BCUT2D eigenvalue weighted by atomic mass is 19.1. The molecule has 6 heteroatoms. The smallest absolute Gasteiger partial charge is 0.337 e. The third kappa shape index (κ3) is 5.82. The van der Waals surface area contributed by atoms with Gasteiger partial charge >= 0.3 is 5.97 Å². The predicted molar refractivity (Wildman–Crippen MR) is 94.1 cm³/mol. The lowest BCUT2D eigenvalue weighted by molar-refractivity contribution is -0.159. The van der Waals surface area contributed by atoms with Gasteiger partial charge in [0.05, 0.1) is 12.7 Å². The minimum atomic E-state index is -1.63. The third-order valence-corrected chi connectivity index (χ3v) is 3.86. The first-order chi connectivity index (χ1) is 12.5. The van der Waals surface area contributed by atoms with Crippen molar-refractivity contribution in [2.45, 2.75) is 38.6 Å². The van der Waals surface area contributed by atoms with Crippen molar-refractivity contribution in [1.29, 1.82) is 0 Å². The number of hydrogen-bond acceptors (Lipinski definition) is 5. The van der Waals surface area contributed by atoms with Crippen LogP contribution in [-0.4, -0.2) is 35.0 Å². The molecule has 0 heterocycles. The third-order valence-electron chi connectivity index (χ3n) is 3.86. The van der Waals surface area contributed by atoms with Crippen molar-refractivity contribution in [3.05, 3.63) is 65.5 Å². The molecule has 26 heavy (non-hydrogen) atoms. The van der Waals surface area contributed by atoms with Gasteiger partial charge in [-0.05, 0) is 49.1 Å². The summed E-state index contributed by atoms with van der Waals surface area (Å²) in [5, 5.41) is 19.7. The van der Waals surface area contributed by atoms with Gasteiger partial charge in [-0.3, -0.25) is 0 Å². The molecule has 2 N–H and O–H groups in total. The minimum absolute atomic E-state index is 0.0606. The highest BCUT2D eigenvalue weighted by Gasteiger charge is 2.25. The van der Waals surface area contributed by atoms with Crippen LogP contribution < -0.4 is 4.74 Å². The van der Waals surface area contributed by atoms with E-state index >= 15 is 0 Å². The Hall–Kier alpha value is -2.44. The highest BCUT2D eigenvalue weighted by Crippen LogP contribution is 2.23. The maximum absolute atomic E-state index is 13.6. The number of ether oxygens (including phenoxy) is 2. The molecule has 140 valence electrons. The van der Waals surface area contributed by atoms with Gasteiger partial charge in [0.15, 0.2) is 6.10 Å². The average Bonchev–Trinajstić information content (AvgIpc) is 2.65. The summed E-state index contributed by atoms with van der Waals surface area (Å²) in [7, 11) is 0. The number of aryl methyl sites for hydroxylation is 1. The minimum Gasteiger partial charge on any atom is -0.489 e. The summed E-state index contributed by atoms with van der Waals surface area (Å²) in [6.45, 7) is 2.05. The summed E-state index contributed by atoms with van der Waals surface area (Å²) in [6.07, 6.45) is -2.64. The van der Waals surface area contributed by atoms with E-state index in [9.17, 15) is 19.4 Å². The molecular formula is C20H23FO5. The van der Waals surface area contributed by atoms with E-state index < -0.39 is 24.0 Å². The molecule has 2 aromatic carbocycles. The van der Waals surface area contributed by atoms with Gasteiger partial charge in [-0.1, -0.05) is 30.3 Å². The molecule has 0 aromatic heterocycles. The quantitative estimate of drug-likeness (QED) is 0.671. The fourth-order valence-electron chi connectivity index (χ4n) is 2.47. The number of carbonyl (C=O) groups excluding carboxylic acids is 1.